The predicted molar refractivity (Wildman–Crippen MR) is 67.6 cm³/mol. The molecule has 2 N–H and O–H groups in total. The number of hydrogen-bond donors (Lipinski definition) is 2. The van der Waals surface area contributed by atoms with Gasteiger partial charge in [0.15, 0.2) is 0 Å². The molecule has 0 bridgehead atoms. The molecule has 3 nitrogen and oxygen atoms in total. The van der Waals surface area contributed by atoms with Gasteiger partial charge in [0.2, 0.25) is 0 Å². The van der Waals surface area contributed by atoms with E-state index in [-0.39, 0.29) is 12.4 Å². The van der Waals surface area contributed by atoms with E-state index in [0.717, 1.165) is 26.1 Å². The van der Waals surface area contributed by atoms with Crippen LogP contribution in [0.2, 0.25) is 0 Å². The minimum Gasteiger partial charge on any atom is -0.396 e. The highest BCUT2D eigenvalue weighted by Crippen LogP contribution is 2.22. The van der Waals surface area contributed by atoms with Gasteiger partial charge in [0, 0.05) is 25.3 Å². The molecule has 1 heterocycles. The lowest BCUT2D eigenvalue weighted by molar-refractivity contribution is 0.142. The zero-order chi connectivity index (χ0) is 13.0. The van der Waals surface area contributed by atoms with Crippen molar-refractivity contribution in [3.63, 3.8) is 0 Å². The zero-order valence-corrected chi connectivity index (χ0v) is 10.4. The molecule has 0 saturated carbocycles. The van der Waals surface area contributed by atoms with Crippen molar-refractivity contribution in [2.45, 2.75) is 18.9 Å². The number of aliphatic hydroxyl groups is 2. The first-order valence-electron chi connectivity index (χ1n) is 6.46. The molecule has 0 aromatic heterocycles. The van der Waals surface area contributed by atoms with Crippen LogP contribution in [-0.4, -0.2) is 41.4 Å². The lowest BCUT2D eigenvalue weighted by atomic mass is 10.1. The number of aliphatic hydroxyl groups excluding tert-OH is 2. The van der Waals surface area contributed by atoms with Crippen LogP contribution in [-0.2, 0) is 0 Å². The van der Waals surface area contributed by atoms with E-state index in [1.54, 1.807) is 18.2 Å². The lowest BCUT2D eigenvalue weighted by Gasteiger charge is -2.18. The first-order chi connectivity index (χ1) is 8.70. The molecule has 1 aliphatic rings. The Morgan fingerprint density at radius 3 is 2.83 bits per heavy atom. The molecule has 1 aromatic rings. The van der Waals surface area contributed by atoms with Crippen molar-refractivity contribution in [1.29, 1.82) is 0 Å². The SMILES string of the molecule is OCC1CCN(CCC(O)c2ccccc2F)C1. The van der Waals surface area contributed by atoms with Gasteiger partial charge in [-0.05, 0) is 31.4 Å². The topological polar surface area (TPSA) is 43.7 Å². The second-order valence-electron chi connectivity index (χ2n) is 4.96. The van der Waals surface area contributed by atoms with E-state index >= 15 is 0 Å². The fraction of sp³-hybridized carbons (Fsp3) is 0.571. The van der Waals surface area contributed by atoms with Crippen molar-refractivity contribution < 1.29 is 14.6 Å². The van der Waals surface area contributed by atoms with Gasteiger partial charge in [-0.1, -0.05) is 18.2 Å². The van der Waals surface area contributed by atoms with Crippen molar-refractivity contribution >= 4 is 0 Å². The second-order valence-corrected chi connectivity index (χ2v) is 4.96. The van der Waals surface area contributed by atoms with Crippen LogP contribution in [0.1, 0.15) is 24.5 Å². The predicted octanol–water partition coefficient (Wildman–Crippen LogP) is 1.56. The summed E-state index contributed by atoms with van der Waals surface area (Å²) in [5.74, 6) is 0.00950. The second kappa shape index (κ2) is 6.27. The summed E-state index contributed by atoms with van der Waals surface area (Å²) >= 11 is 0. The minimum absolute atomic E-state index is 0.229. The molecule has 4 heteroatoms. The van der Waals surface area contributed by atoms with E-state index in [4.69, 9.17) is 5.11 Å². The summed E-state index contributed by atoms with van der Waals surface area (Å²) in [6, 6.07) is 6.36. The molecule has 1 aliphatic heterocycles. The zero-order valence-electron chi connectivity index (χ0n) is 10.4. The number of hydrogen-bond acceptors (Lipinski definition) is 3. The van der Waals surface area contributed by atoms with E-state index in [0.29, 0.717) is 17.9 Å². The molecule has 0 amide bonds. The molecule has 1 aromatic carbocycles. The first kappa shape index (κ1) is 13.5. The van der Waals surface area contributed by atoms with Gasteiger partial charge in [0.1, 0.15) is 5.82 Å². The van der Waals surface area contributed by atoms with Gasteiger partial charge < -0.3 is 15.1 Å². The Morgan fingerprint density at radius 1 is 1.39 bits per heavy atom. The third-order valence-corrected chi connectivity index (χ3v) is 3.61. The average Bonchev–Trinajstić information content (AvgIpc) is 2.84. The highest BCUT2D eigenvalue weighted by atomic mass is 19.1. The van der Waals surface area contributed by atoms with Crippen molar-refractivity contribution in [2.24, 2.45) is 5.92 Å². The molecule has 0 radical (unpaired) electrons. The Bertz CT molecular complexity index is 386. The van der Waals surface area contributed by atoms with Gasteiger partial charge in [-0.2, -0.15) is 0 Å². The number of likely N-dealkylation sites (tertiary alicyclic amines) is 1. The highest BCUT2D eigenvalue weighted by molar-refractivity contribution is 5.19. The minimum atomic E-state index is -0.751. The van der Waals surface area contributed by atoms with Crippen molar-refractivity contribution in [3.8, 4) is 0 Å². The third kappa shape index (κ3) is 3.28. The van der Waals surface area contributed by atoms with Gasteiger partial charge in [-0.3, -0.25) is 0 Å². The van der Waals surface area contributed by atoms with Crippen LogP contribution in [0.3, 0.4) is 0 Å². The molecule has 0 aliphatic carbocycles. The van der Waals surface area contributed by atoms with E-state index in [1.807, 2.05) is 0 Å². The molecule has 18 heavy (non-hydrogen) atoms. The summed E-state index contributed by atoms with van der Waals surface area (Å²) in [6.45, 7) is 2.80. The van der Waals surface area contributed by atoms with Gasteiger partial charge in [-0.25, -0.2) is 4.39 Å². The average molecular weight is 253 g/mol. The first-order valence-corrected chi connectivity index (χ1v) is 6.46. The van der Waals surface area contributed by atoms with Gasteiger partial charge >= 0.3 is 0 Å². The Morgan fingerprint density at radius 2 is 2.17 bits per heavy atom. The van der Waals surface area contributed by atoms with Crippen LogP contribution in [0.5, 0.6) is 0 Å². The van der Waals surface area contributed by atoms with Crippen LogP contribution in [0.25, 0.3) is 0 Å². The largest absolute Gasteiger partial charge is 0.396 e. The smallest absolute Gasteiger partial charge is 0.128 e. The quantitative estimate of drug-likeness (QED) is 0.837. The Balaban J connectivity index is 1.82. The highest BCUT2D eigenvalue weighted by Gasteiger charge is 2.22. The maximum absolute atomic E-state index is 13.5. The van der Waals surface area contributed by atoms with E-state index in [9.17, 15) is 9.50 Å². The third-order valence-electron chi connectivity index (χ3n) is 3.61. The monoisotopic (exact) mass is 253 g/mol. The van der Waals surface area contributed by atoms with Crippen LogP contribution < -0.4 is 0 Å². The summed E-state index contributed by atoms with van der Waals surface area (Å²) in [5.41, 5.74) is 0.371. The Kier molecular flexibility index (Phi) is 4.69. The van der Waals surface area contributed by atoms with E-state index in [2.05, 4.69) is 4.90 Å². The molecular formula is C14H20FNO2. The van der Waals surface area contributed by atoms with Crippen LogP contribution in [0.15, 0.2) is 24.3 Å². The molecule has 2 rings (SSSR count). The Hall–Kier alpha value is -0.970. The maximum Gasteiger partial charge on any atom is 0.128 e. The number of halogens is 1. The maximum atomic E-state index is 13.5. The number of rotatable bonds is 5. The van der Waals surface area contributed by atoms with Gasteiger partial charge in [-0.15, -0.1) is 0 Å². The summed E-state index contributed by atoms with van der Waals surface area (Å²) in [7, 11) is 0. The normalized spacial score (nSPS) is 22.3. The van der Waals surface area contributed by atoms with Gasteiger partial charge in [0.05, 0.1) is 6.10 Å². The molecule has 2 unspecified atom stereocenters. The number of nitrogens with zero attached hydrogens (tertiary/aromatic N) is 1. The summed E-state index contributed by atoms with van der Waals surface area (Å²) in [5, 5.41) is 19.0. The summed E-state index contributed by atoms with van der Waals surface area (Å²) in [4.78, 5) is 2.21. The van der Waals surface area contributed by atoms with Crippen molar-refractivity contribution in [3.05, 3.63) is 35.6 Å². The van der Waals surface area contributed by atoms with Crippen LogP contribution >= 0.6 is 0 Å². The van der Waals surface area contributed by atoms with Crippen molar-refractivity contribution in [2.75, 3.05) is 26.2 Å². The van der Waals surface area contributed by atoms with E-state index < -0.39 is 6.10 Å². The molecular weight excluding hydrogens is 233 g/mol. The summed E-state index contributed by atoms with van der Waals surface area (Å²) < 4.78 is 13.5. The fourth-order valence-electron chi connectivity index (χ4n) is 2.47. The molecule has 1 fully saturated rings. The molecule has 0 spiro atoms. The van der Waals surface area contributed by atoms with Crippen molar-refractivity contribution in [1.82, 2.24) is 4.90 Å². The molecule has 2 atom stereocenters. The van der Waals surface area contributed by atoms with Crippen LogP contribution in [0.4, 0.5) is 4.39 Å². The Labute approximate surface area is 107 Å². The lowest BCUT2D eigenvalue weighted by Crippen LogP contribution is -2.24. The van der Waals surface area contributed by atoms with E-state index in [1.165, 1.54) is 6.07 Å². The van der Waals surface area contributed by atoms with Crippen LogP contribution in [0, 0.1) is 11.7 Å². The van der Waals surface area contributed by atoms with Gasteiger partial charge in [0.25, 0.3) is 0 Å². The summed E-state index contributed by atoms with van der Waals surface area (Å²) in [6.07, 6.45) is 0.783. The standard InChI is InChI=1S/C14H20FNO2/c15-13-4-2-1-3-12(13)14(18)6-8-16-7-5-11(9-16)10-17/h1-4,11,14,17-18H,5-10H2. The number of benzene rings is 1. The molecule has 100 valence electrons. The fourth-order valence-corrected chi connectivity index (χ4v) is 2.47. The molecule has 1 saturated heterocycles.